The fraction of sp³-hybridized carbons (Fsp3) is 0.333. The summed E-state index contributed by atoms with van der Waals surface area (Å²) in [6, 6.07) is 12.7. The molecule has 3 rings (SSSR count). The second kappa shape index (κ2) is 10.5. The lowest BCUT2D eigenvalue weighted by atomic mass is 10.1. The molecule has 0 aromatic heterocycles. The summed E-state index contributed by atoms with van der Waals surface area (Å²) >= 11 is 7.58. The van der Waals surface area contributed by atoms with Gasteiger partial charge in [0.2, 0.25) is 5.91 Å². The maximum Gasteiger partial charge on any atom is 0.251 e. The number of anilines is 2. The van der Waals surface area contributed by atoms with Gasteiger partial charge in [0, 0.05) is 42.4 Å². The van der Waals surface area contributed by atoms with E-state index in [1.165, 1.54) is 0 Å². The molecule has 29 heavy (non-hydrogen) atoms. The maximum atomic E-state index is 12.5. The van der Waals surface area contributed by atoms with Gasteiger partial charge in [-0.1, -0.05) is 23.7 Å². The zero-order valence-corrected chi connectivity index (χ0v) is 17.7. The predicted octanol–water partition coefficient (Wildman–Crippen LogP) is 3.77. The van der Waals surface area contributed by atoms with Gasteiger partial charge in [-0.25, -0.2) is 0 Å². The second-order valence-electron chi connectivity index (χ2n) is 6.69. The minimum absolute atomic E-state index is 0.0984. The summed E-state index contributed by atoms with van der Waals surface area (Å²) in [5.41, 5.74) is 3.12. The molecular formula is C21H24ClN3O3S. The lowest BCUT2D eigenvalue weighted by Gasteiger charge is -2.27. The molecule has 0 saturated carbocycles. The van der Waals surface area contributed by atoms with Gasteiger partial charge in [-0.2, -0.15) is 11.8 Å². The molecule has 1 atom stereocenters. The van der Waals surface area contributed by atoms with E-state index in [-0.39, 0.29) is 17.9 Å². The van der Waals surface area contributed by atoms with Crippen LogP contribution in [0.5, 0.6) is 0 Å². The van der Waals surface area contributed by atoms with E-state index in [0.717, 1.165) is 23.4 Å². The third-order valence-corrected chi connectivity index (χ3v) is 5.82. The van der Waals surface area contributed by atoms with Crippen LogP contribution in [0.15, 0.2) is 42.5 Å². The monoisotopic (exact) mass is 433 g/mol. The van der Waals surface area contributed by atoms with Crippen LogP contribution in [0.3, 0.4) is 0 Å². The molecular weight excluding hydrogens is 410 g/mol. The highest BCUT2D eigenvalue weighted by molar-refractivity contribution is 7.98. The Hall–Kier alpha value is -2.22. The van der Waals surface area contributed by atoms with E-state index in [4.69, 9.17) is 16.3 Å². The van der Waals surface area contributed by atoms with Crippen molar-refractivity contribution in [1.29, 1.82) is 0 Å². The Labute approximate surface area is 179 Å². The average Bonchev–Trinajstić information content (AvgIpc) is 2.72. The first kappa shape index (κ1) is 21.5. The molecule has 6 nitrogen and oxygen atoms in total. The minimum Gasteiger partial charge on any atom is -0.385 e. The number of hydrogen-bond acceptors (Lipinski definition) is 5. The number of methoxy groups -OCH3 is 1. The highest BCUT2D eigenvalue weighted by Crippen LogP contribution is 2.29. The van der Waals surface area contributed by atoms with Gasteiger partial charge in [-0.05, 0) is 42.3 Å². The topological polar surface area (TPSA) is 79.5 Å². The molecule has 154 valence electrons. The van der Waals surface area contributed by atoms with Crippen LogP contribution < -0.4 is 16.0 Å². The van der Waals surface area contributed by atoms with Crippen LogP contribution in [0.4, 0.5) is 11.4 Å². The SMILES string of the molecule is COCCCNC(=O)c1ccc2c(c1)NC(=O)C(CSCc1ccc(Cl)cc1)N2. The third kappa shape index (κ3) is 6.13. The van der Waals surface area contributed by atoms with Crippen LogP contribution >= 0.6 is 23.4 Å². The number of ether oxygens (including phenoxy) is 1. The molecule has 8 heteroatoms. The first-order valence-corrected chi connectivity index (χ1v) is 10.9. The van der Waals surface area contributed by atoms with Crippen molar-refractivity contribution in [3.63, 3.8) is 0 Å². The van der Waals surface area contributed by atoms with Crippen molar-refractivity contribution < 1.29 is 14.3 Å². The van der Waals surface area contributed by atoms with Crippen molar-refractivity contribution in [2.24, 2.45) is 0 Å². The molecule has 0 radical (unpaired) electrons. The van der Waals surface area contributed by atoms with Gasteiger partial charge in [-0.3, -0.25) is 9.59 Å². The molecule has 0 saturated heterocycles. The van der Waals surface area contributed by atoms with E-state index in [2.05, 4.69) is 16.0 Å². The molecule has 3 N–H and O–H groups in total. The molecule has 0 fully saturated rings. The van der Waals surface area contributed by atoms with Gasteiger partial charge in [0.25, 0.3) is 5.91 Å². The van der Waals surface area contributed by atoms with Crippen LogP contribution in [-0.4, -0.2) is 43.9 Å². The van der Waals surface area contributed by atoms with E-state index < -0.39 is 0 Å². The van der Waals surface area contributed by atoms with Crippen molar-refractivity contribution in [3.05, 3.63) is 58.6 Å². The van der Waals surface area contributed by atoms with Crippen molar-refractivity contribution >= 4 is 46.6 Å². The second-order valence-corrected chi connectivity index (χ2v) is 8.16. The number of benzene rings is 2. The van der Waals surface area contributed by atoms with Gasteiger partial charge >= 0.3 is 0 Å². The van der Waals surface area contributed by atoms with Crippen LogP contribution in [0, 0.1) is 0 Å². The maximum absolute atomic E-state index is 12.5. The van der Waals surface area contributed by atoms with Gasteiger partial charge in [-0.15, -0.1) is 0 Å². The first-order chi connectivity index (χ1) is 14.1. The number of hydrogen-bond donors (Lipinski definition) is 3. The molecule has 1 aliphatic rings. The minimum atomic E-state index is -0.325. The summed E-state index contributed by atoms with van der Waals surface area (Å²) in [6.07, 6.45) is 0.751. The normalized spacial score (nSPS) is 15.2. The number of halogens is 1. The molecule has 2 amide bonds. The molecule has 0 bridgehead atoms. The number of rotatable bonds is 9. The van der Waals surface area contributed by atoms with Crippen LogP contribution in [0.25, 0.3) is 0 Å². The largest absolute Gasteiger partial charge is 0.385 e. The van der Waals surface area contributed by atoms with E-state index in [0.29, 0.717) is 35.2 Å². The van der Waals surface area contributed by atoms with Crippen LogP contribution in [0.2, 0.25) is 5.02 Å². The fourth-order valence-corrected chi connectivity index (χ4v) is 4.04. The summed E-state index contributed by atoms with van der Waals surface area (Å²) in [7, 11) is 1.63. The summed E-state index contributed by atoms with van der Waals surface area (Å²) < 4.78 is 4.97. The molecule has 1 unspecified atom stereocenters. The van der Waals surface area contributed by atoms with Crippen molar-refractivity contribution in [2.45, 2.75) is 18.2 Å². The number of carbonyl (C=O) groups is 2. The fourth-order valence-electron chi connectivity index (χ4n) is 2.90. The summed E-state index contributed by atoms with van der Waals surface area (Å²) in [4.78, 5) is 24.7. The number of fused-ring (bicyclic) bond motifs is 1. The number of amides is 2. The lowest BCUT2D eigenvalue weighted by Crippen LogP contribution is -2.40. The summed E-state index contributed by atoms with van der Waals surface area (Å²) in [6.45, 7) is 1.14. The van der Waals surface area contributed by atoms with E-state index >= 15 is 0 Å². The van der Waals surface area contributed by atoms with E-state index in [1.807, 2.05) is 30.3 Å². The summed E-state index contributed by atoms with van der Waals surface area (Å²) in [5.74, 6) is 1.17. The van der Waals surface area contributed by atoms with Crippen LogP contribution in [0.1, 0.15) is 22.3 Å². The zero-order chi connectivity index (χ0) is 20.6. The first-order valence-electron chi connectivity index (χ1n) is 9.37. The molecule has 2 aromatic carbocycles. The Morgan fingerprint density at radius 1 is 1.21 bits per heavy atom. The lowest BCUT2D eigenvalue weighted by molar-refractivity contribution is -0.116. The van der Waals surface area contributed by atoms with Gasteiger partial charge in [0.1, 0.15) is 6.04 Å². The van der Waals surface area contributed by atoms with E-state index in [9.17, 15) is 9.59 Å². The Balaban J connectivity index is 1.53. The van der Waals surface area contributed by atoms with Crippen molar-refractivity contribution in [2.75, 3.05) is 36.6 Å². The Morgan fingerprint density at radius 2 is 2.00 bits per heavy atom. The summed E-state index contributed by atoms with van der Waals surface area (Å²) in [5, 5.41) is 9.73. The predicted molar refractivity (Wildman–Crippen MR) is 119 cm³/mol. The Morgan fingerprint density at radius 3 is 2.76 bits per heavy atom. The molecule has 2 aromatic rings. The number of nitrogens with one attached hydrogen (secondary N) is 3. The van der Waals surface area contributed by atoms with Crippen molar-refractivity contribution in [1.82, 2.24) is 5.32 Å². The van der Waals surface area contributed by atoms with Crippen LogP contribution in [-0.2, 0) is 15.3 Å². The molecule has 0 aliphatic carbocycles. The third-order valence-electron chi connectivity index (χ3n) is 4.46. The zero-order valence-electron chi connectivity index (χ0n) is 16.2. The highest BCUT2D eigenvalue weighted by atomic mass is 35.5. The van der Waals surface area contributed by atoms with Gasteiger partial charge in [0.05, 0.1) is 11.4 Å². The Kier molecular flexibility index (Phi) is 7.80. The standard InChI is InChI=1S/C21H24ClN3O3S/c1-28-10-2-9-23-20(26)15-5-8-17-18(11-15)25-21(27)19(24-17)13-29-12-14-3-6-16(22)7-4-14/h3-8,11,19,24H,2,9-10,12-13H2,1H3,(H,23,26)(H,25,27). The molecule has 1 heterocycles. The molecule has 1 aliphatic heterocycles. The number of thioether (sulfide) groups is 1. The molecule has 0 spiro atoms. The smallest absolute Gasteiger partial charge is 0.251 e. The highest BCUT2D eigenvalue weighted by Gasteiger charge is 2.26. The average molecular weight is 434 g/mol. The Bertz CT molecular complexity index is 861. The number of carbonyl (C=O) groups excluding carboxylic acids is 2. The van der Waals surface area contributed by atoms with Gasteiger partial charge in [0.15, 0.2) is 0 Å². The van der Waals surface area contributed by atoms with Crippen molar-refractivity contribution in [3.8, 4) is 0 Å². The van der Waals surface area contributed by atoms with Gasteiger partial charge < -0.3 is 20.7 Å². The quantitative estimate of drug-likeness (QED) is 0.524. The van der Waals surface area contributed by atoms with E-state index in [1.54, 1.807) is 31.0 Å².